The van der Waals surface area contributed by atoms with Crippen LogP contribution in [0.4, 0.5) is 4.39 Å². The maximum atomic E-state index is 15.2. The molecule has 2 heteroatoms. The summed E-state index contributed by atoms with van der Waals surface area (Å²) in [6.45, 7) is 8.78. The topological polar surface area (TPSA) is 9.23 Å². The van der Waals surface area contributed by atoms with Crippen molar-refractivity contribution < 1.29 is 9.13 Å². The Morgan fingerprint density at radius 1 is 0.848 bits per heavy atom. The highest BCUT2D eigenvalue weighted by atomic mass is 19.1. The van der Waals surface area contributed by atoms with Crippen LogP contribution in [-0.2, 0) is 6.42 Å². The van der Waals surface area contributed by atoms with Crippen molar-refractivity contribution in [2.75, 3.05) is 0 Å². The van der Waals surface area contributed by atoms with Gasteiger partial charge in [-0.25, -0.2) is 4.39 Å². The molecule has 0 heterocycles. The van der Waals surface area contributed by atoms with Crippen molar-refractivity contribution >= 4 is 0 Å². The lowest BCUT2D eigenvalue weighted by Gasteiger charge is -2.38. The van der Waals surface area contributed by atoms with Gasteiger partial charge in [-0.3, -0.25) is 0 Å². The van der Waals surface area contributed by atoms with Crippen LogP contribution in [0.2, 0.25) is 0 Å². The lowest BCUT2D eigenvalue weighted by Crippen LogP contribution is -2.25. The number of hydrogen-bond acceptors (Lipinski definition) is 1. The second kappa shape index (κ2) is 13.7. The van der Waals surface area contributed by atoms with Crippen LogP contribution in [0.5, 0.6) is 5.75 Å². The minimum atomic E-state index is -0.138. The molecule has 0 aromatic heterocycles. The van der Waals surface area contributed by atoms with Crippen molar-refractivity contribution in [2.24, 2.45) is 17.8 Å². The summed E-state index contributed by atoms with van der Waals surface area (Å²) >= 11 is 0. The summed E-state index contributed by atoms with van der Waals surface area (Å²) in [7, 11) is 0. The van der Waals surface area contributed by atoms with E-state index in [0.717, 1.165) is 36.2 Å². The molecule has 0 amide bonds. The molecule has 3 rings (SSSR count). The lowest BCUT2D eigenvalue weighted by molar-refractivity contribution is 0.156. The average molecular weight is 459 g/mol. The first kappa shape index (κ1) is 26.6. The highest BCUT2D eigenvalue weighted by Gasteiger charge is 2.31. The van der Waals surface area contributed by atoms with Crippen molar-refractivity contribution in [1.29, 1.82) is 0 Å². The molecule has 0 saturated heterocycles. The molecule has 1 nitrogen and oxygen atoms in total. The summed E-state index contributed by atoms with van der Waals surface area (Å²) in [6.07, 6.45) is 20.6. The Bertz CT molecular complexity index is 682. The van der Waals surface area contributed by atoms with E-state index in [0.29, 0.717) is 11.7 Å². The minimum Gasteiger partial charge on any atom is -0.487 e. The highest BCUT2D eigenvalue weighted by molar-refractivity contribution is 5.40. The molecule has 2 aliphatic rings. The largest absolute Gasteiger partial charge is 0.487 e. The Kier molecular flexibility index (Phi) is 11.1. The number of ether oxygens (including phenoxy) is 1. The van der Waals surface area contributed by atoms with Gasteiger partial charge in [0.25, 0.3) is 0 Å². The molecule has 33 heavy (non-hydrogen) atoms. The Morgan fingerprint density at radius 3 is 2.12 bits per heavy atom. The van der Waals surface area contributed by atoms with E-state index in [-0.39, 0.29) is 11.9 Å². The average Bonchev–Trinajstić information content (AvgIpc) is 2.84. The Morgan fingerprint density at radius 2 is 1.52 bits per heavy atom. The predicted molar refractivity (Wildman–Crippen MR) is 140 cm³/mol. The molecule has 0 radical (unpaired) electrons. The fourth-order valence-corrected chi connectivity index (χ4v) is 6.70. The van der Waals surface area contributed by atoms with Crippen LogP contribution in [-0.4, -0.2) is 6.10 Å². The van der Waals surface area contributed by atoms with Gasteiger partial charge < -0.3 is 4.74 Å². The molecule has 0 N–H and O–H groups in total. The molecular weight excluding hydrogens is 407 g/mol. The van der Waals surface area contributed by atoms with Gasteiger partial charge in [-0.1, -0.05) is 71.8 Å². The number of rotatable bonds is 12. The van der Waals surface area contributed by atoms with Gasteiger partial charge in [-0.15, -0.1) is 0 Å². The standard InChI is InChI=1S/C31H51FO/c1-5-8-9-10-12-23(4)33-31-25(7-3)21-29(22-30(31)32)28-19-17-27(18-20-28)26-15-13-24(11-6-2)14-16-26/h21-24,26-28H,5-20H2,1-4H3. The minimum absolute atomic E-state index is 0.0790. The number of aryl methyl sites for hydroxylation is 1. The SMILES string of the molecule is CCCCCCC(C)Oc1c(F)cc(C2CCC(C3CCC(CCC)CC3)CC2)cc1CC. The predicted octanol–water partition coefficient (Wildman–Crippen LogP) is 10.0. The van der Waals surface area contributed by atoms with Gasteiger partial charge >= 0.3 is 0 Å². The van der Waals surface area contributed by atoms with Crippen LogP contribution in [0.3, 0.4) is 0 Å². The van der Waals surface area contributed by atoms with Gasteiger partial charge in [-0.2, -0.15) is 0 Å². The van der Waals surface area contributed by atoms with Gasteiger partial charge in [0.15, 0.2) is 11.6 Å². The van der Waals surface area contributed by atoms with Gasteiger partial charge in [0, 0.05) is 0 Å². The van der Waals surface area contributed by atoms with E-state index in [4.69, 9.17) is 4.74 Å². The quantitative estimate of drug-likeness (QED) is 0.283. The second-order valence-corrected chi connectivity index (χ2v) is 11.3. The smallest absolute Gasteiger partial charge is 0.165 e. The van der Waals surface area contributed by atoms with Gasteiger partial charge in [0.05, 0.1) is 6.10 Å². The fourth-order valence-electron chi connectivity index (χ4n) is 6.70. The zero-order chi connectivity index (χ0) is 23.6. The van der Waals surface area contributed by atoms with Crippen molar-refractivity contribution in [3.63, 3.8) is 0 Å². The summed E-state index contributed by atoms with van der Waals surface area (Å²) in [5.41, 5.74) is 2.28. The third kappa shape index (κ3) is 7.72. The normalized spacial score (nSPS) is 26.8. The Hall–Kier alpha value is -1.05. The third-order valence-electron chi connectivity index (χ3n) is 8.81. The third-order valence-corrected chi connectivity index (χ3v) is 8.81. The van der Waals surface area contributed by atoms with E-state index in [1.165, 1.54) is 95.5 Å². The molecule has 1 aromatic rings. The van der Waals surface area contributed by atoms with Crippen LogP contribution in [0, 0.1) is 23.6 Å². The van der Waals surface area contributed by atoms with Crippen molar-refractivity contribution in [3.05, 3.63) is 29.1 Å². The molecule has 0 bridgehead atoms. The molecule has 2 saturated carbocycles. The van der Waals surface area contributed by atoms with Crippen LogP contribution < -0.4 is 4.74 Å². The van der Waals surface area contributed by atoms with Gasteiger partial charge in [-0.05, 0) is 106 Å². The van der Waals surface area contributed by atoms with Crippen molar-refractivity contribution in [3.8, 4) is 5.75 Å². The zero-order valence-corrected chi connectivity index (χ0v) is 22.1. The van der Waals surface area contributed by atoms with Crippen LogP contribution in [0.1, 0.15) is 141 Å². The molecule has 1 unspecified atom stereocenters. The lowest BCUT2D eigenvalue weighted by atomic mass is 9.68. The second-order valence-electron chi connectivity index (χ2n) is 11.3. The van der Waals surface area contributed by atoms with E-state index in [9.17, 15) is 0 Å². The van der Waals surface area contributed by atoms with Crippen molar-refractivity contribution in [2.45, 2.75) is 142 Å². The van der Waals surface area contributed by atoms with Crippen molar-refractivity contribution in [1.82, 2.24) is 0 Å². The van der Waals surface area contributed by atoms with Crippen LogP contribution >= 0.6 is 0 Å². The maximum absolute atomic E-state index is 15.2. The summed E-state index contributed by atoms with van der Waals surface area (Å²) in [6, 6.07) is 4.07. The van der Waals surface area contributed by atoms with Crippen LogP contribution in [0.25, 0.3) is 0 Å². The molecule has 188 valence electrons. The van der Waals surface area contributed by atoms with Gasteiger partial charge in [0.2, 0.25) is 0 Å². The number of benzene rings is 1. The van der Waals surface area contributed by atoms with E-state index >= 15 is 4.39 Å². The first-order valence-corrected chi connectivity index (χ1v) is 14.5. The summed E-state index contributed by atoms with van der Waals surface area (Å²) < 4.78 is 21.3. The van der Waals surface area contributed by atoms with E-state index < -0.39 is 0 Å². The molecule has 1 aromatic carbocycles. The molecule has 2 fully saturated rings. The molecular formula is C31H51FO. The number of hydrogen-bond donors (Lipinski definition) is 0. The maximum Gasteiger partial charge on any atom is 0.165 e. The highest BCUT2D eigenvalue weighted by Crippen LogP contribution is 2.45. The van der Waals surface area contributed by atoms with E-state index in [2.05, 4.69) is 33.8 Å². The first-order chi connectivity index (χ1) is 16.0. The Labute approximate surface area is 204 Å². The number of unbranched alkanes of at least 4 members (excludes halogenated alkanes) is 3. The number of halogens is 1. The van der Waals surface area contributed by atoms with Crippen LogP contribution in [0.15, 0.2) is 12.1 Å². The molecule has 0 spiro atoms. The fraction of sp³-hybridized carbons (Fsp3) is 0.806. The van der Waals surface area contributed by atoms with E-state index in [1.807, 2.05) is 0 Å². The summed E-state index contributed by atoms with van der Waals surface area (Å²) in [5.74, 6) is 3.77. The Balaban J connectivity index is 1.53. The summed E-state index contributed by atoms with van der Waals surface area (Å²) in [4.78, 5) is 0. The molecule has 1 atom stereocenters. The zero-order valence-electron chi connectivity index (χ0n) is 22.1. The summed E-state index contributed by atoms with van der Waals surface area (Å²) in [5, 5.41) is 0. The molecule has 0 aliphatic heterocycles. The first-order valence-electron chi connectivity index (χ1n) is 14.5. The van der Waals surface area contributed by atoms with E-state index in [1.54, 1.807) is 6.07 Å². The monoisotopic (exact) mass is 458 g/mol. The molecule has 2 aliphatic carbocycles. The van der Waals surface area contributed by atoms with Gasteiger partial charge in [0.1, 0.15) is 0 Å².